The van der Waals surface area contributed by atoms with Gasteiger partial charge >= 0.3 is 0 Å². The number of thiazole rings is 1. The van der Waals surface area contributed by atoms with Gasteiger partial charge in [0.1, 0.15) is 16.9 Å². The van der Waals surface area contributed by atoms with Crippen molar-refractivity contribution < 1.29 is 13.9 Å². The Morgan fingerprint density at radius 1 is 0.974 bits per heavy atom. The molecular weight excluding hydrogens is 530 g/mol. The van der Waals surface area contributed by atoms with Gasteiger partial charge in [0.2, 0.25) is 5.55 Å². The van der Waals surface area contributed by atoms with Gasteiger partial charge in [-0.1, -0.05) is 65.4 Å². The first-order valence-corrected chi connectivity index (χ1v) is 13.5. The molecule has 192 valence electrons. The molecule has 0 saturated carbocycles. The highest BCUT2D eigenvalue weighted by Gasteiger charge is 2.16. The zero-order valence-corrected chi connectivity index (χ0v) is 22.4. The maximum Gasteiger partial charge on any atom is 0.262 e. The van der Waals surface area contributed by atoms with E-state index in [9.17, 15) is 4.79 Å². The number of rotatable bonds is 6. The Kier molecular flexibility index (Phi) is 6.84. The van der Waals surface area contributed by atoms with Crippen molar-refractivity contribution >= 4 is 60.8 Å². The van der Waals surface area contributed by atoms with Crippen LogP contribution in [0.3, 0.4) is 0 Å². The van der Waals surface area contributed by atoms with Gasteiger partial charge in [0.05, 0.1) is 22.5 Å². The molecule has 0 radical (unpaired) electrons. The molecule has 6 rings (SSSR count). The lowest BCUT2D eigenvalue weighted by molar-refractivity contribution is 0.102. The number of aromatic nitrogens is 1. The van der Waals surface area contributed by atoms with E-state index in [4.69, 9.17) is 25.7 Å². The number of carbonyl (C=O) groups excluding carboxylic acids is 1. The van der Waals surface area contributed by atoms with Crippen molar-refractivity contribution in [2.45, 2.75) is 6.92 Å². The molecule has 0 atom stereocenters. The van der Waals surface area contributed by atoms with Gasteiger partial charge in [0.25, 0.3) is 5.91 Å². The normalized spacial score (nSPS) is 11.7. The Labute approximate surface area is 233 Å². The van der Waals surface area contributed by atoms with Crippen LogP contribution in [0.15, 0.2) is 106 Å². The van der Waals surface area contributed by atoms with Gasteiger partial charge in [-0.15, -0.1) is 0 Å². The Bertz CT molecular complexity index is 1880. The van der Waals surface area contributed by atoms with Gasteiger partial charge in [-0.05, 0) is 72.6 Å². The van der Waals surface area contributed by atoms with Crippen molar-refractivity contribution in [1.82, 2.24) is 4.98 Å². The van der Waals surface area contributed by atoms with Gasteiger partial charge in [-0.2, -0.15) is 0 Å². The molecule has 0 saturated heterocycles. The predicted molar refractivity (Wildman–Crippen MR) is 157 cm³/mol. The summed E-state index contributed by atoms with van der Waals surface area (Å²) in [5, 5.41) is 4.61. The van der Waals surface area contributed by atoms with Crippen LogP contribution in [0, 0.1) is 0 Å². The topological polar surface area (TPSA) is 76.7 Å². The van der Waals surface area contributed by atoms with Crippen LogP contribution in [0.4, 0.5) is 10.8 Å². The number of anilines is 1. The number of fused-ring (bicyclic) bond motifs is 2. The van der Waals surface area contributed by atoms with Crippen LogP contribution in [-0.4, -0.2) is 17.5 Å². The second-order valence-corrected chi connectivity index (χ2v) is 10.2. The maximum atomic E-state index is 13.5. The lowest BCUT2D eigenvalue weighted by atomic mass is 10.1. The first-order chi connectivity index (χ1) is 19.1. The molecule has 8 heteroatoms. The summed E-state index contributed by atoms with van der Waals surface area (Å²) in [4.78, 5) is 22.8. The number of nitrogens with one attached hydrogen (secondary N) is 1. The molecule has 0 aliphatic heterocycles. The molecule has 0 aliphatic rings. The van der Waals surface area contributed by atoms with Crippen LogP contribution >= 0.6 is 22.9 Å². The summed E-state index contributed by atoms with van der Waals surface area (Å²) in [7, 11) is 0. The summed E-state index contributed by atoms with van der Waals surface area (Å²) in [5.74, 6) is 0.375. The minimum atomic E-state index is -0.385. The third-order valence-electron chi connectivity index (χ3n) is 6.05. The summed E-state index contributed by atoms with van der Waals surface area (Å²) >= 11 is 7.58. The van der Waals surface area contributed by atoms with E-state index in [1.54, 1.807) is 24.3 Å². The Hall–Kier alpha value is -4.46. The smallest absolute Gasteiger partial charge is 0.262 e. The van der Waals surface area contributed by atoms with E-state index < -0.39 is 0 Å². The maximum absolute atomic E-state index is 13.5. The number of ether oxygens (including phenoxy) is 1. The average molecular weight is 552 g/mol. The van der Waals surface area contributed by atoms with Crippen LogP contribution in [-0.2, 0) is 0 Å². The monoisotopic (exact) mass is 551 g/mol. The molecule has 2 aromatic heterocycles. The second kappa shape index (κ2) is 10.7. The highest BCUT2D eigenvalue weighted by Crippen LogP contribution is 2.30. The second-order valence-electron chi connectivity index (χ2n) is 8.71. The third-order valence-corrected chi connectivity index (χ3v) is 7.22. The first kappa shape index (κ1) is 24.9. The van der Waals surface area contributed by atoms with E-state index in [1.807, 2.05) is 67.6 Å². The molecule has 0 aliphatic carbocycles. The van der Waals surface area contributed by atoms with Crippen molar-refractivity contribution in [3.8, 4) is 16.9 Å². The highest BCUT2D eigenvalue weighted by atomic mass is 35.5. The predicted octanol–water partition coefficient (Wildman–Crippen LogP) is 8.25. The van der Waals surface area contributed by atoms with E-state index in [0.717, 1.165) is 27.1 Å². The van der Waals surface area contributed by atoms with E-state index in [2.05, 4.69) is 22.4 Å². The molecule has 0 bridgehead atoms. The molecule has 1 N–H and O–H groups in total. The van der Waals surface area contributed by atoms with Gasteiger partial charge in [0.15, 0.2) is 5.13 Å². The van der Waals surface area contributed by atoms with E-state index in [0.29, 0.717) is 33.4 Å². The molecule has 0 fully saturated rings. The van der Waals surface area contributed by atoms with Gasteiger partial charge < -0.3 is 9.15 Å². The van der Waals surface area contributed by atoms with Gasteiger partial charge in [0, 0.05) is 10.4 Å². The van der Waals surface area contributed by atoms with E-state index in [1.165, 1.54) is 11.3 Å². The standard InChI is InChI=1S/C31H22ClN3O3S/c1-2-37-24-13-14-26-28(18-24)39-31(34-26)35-29(36)25-17-21-16-22(32)10-15-27(21)38-30(25)33-23-11-8-20(9-12-23)19-6-4-3-5-7-19/h3-18H,2H2,1H3,(H,34,35,36). The van der Waals surface area contributed by atoms with Crippen LogP contribution in [0.2, 0.25) is 5.02 Å². The fourth-order valence-electron chi connectivity index (χ4n) is 4.20. The van der Waals surface area contributed by atoms with Crippen molar-refractivity contribution in [3.63, 3.8) is 0 Å². The lowest BCUT2D eigenvalue weighted by Gasteiger charge is -2.06. The zero-order chi connectivity index (χ0) is 26.8. The highest BCUT2D eigenvalue weighted by molar-refractivity contribution is 7.22. The van der Waals surface area contributed by atoms with Gasteiger partial charge in [-0.25, -0.2) is 9.98 Å². The number of hydrogen-bond acceptors (Lipinski definition) is 6. The number of nitrogens with zero attached hydrogens (tertiary/aromatic N) is 2. The number of benzene rings is 4. The fourth-order valence-corrected chi connectivity index (χ4v) is 5.27. The van der Waals surface area contributed by atoms with Crippen molar-refractivity contribution in [2.24, 2.45) is 4.99 Å². The molecule has 0 spiro atoms. The number of hydrogen-bond donors (Lipinski definition) is 1. The Morgan fingerprint density at radius 3 is 2.56 bits per heavy atom. The fraction of sp³-hybridized carbons (Fsp3) is 0.0645. The third kappa shape index (κ3) is 5.41. The summed E-state index contributed by atoms with van der Waals surface area (Å²) in [5.41, 5.74) is 4.64. The van der Waals surface area contributed by atoms with Crippen LogP contribution in [0.25, 0.3) is 32.3 Å². The first-order valence-electron chi connectivity index (χ1n) is 12.3. The van der Waals surface area contributed by atoms with Crippen molar-refractivity contribution in [2.75, 3.05) is 11.9 Å². The zero-order valence-electron chi connectivity index (χ0n) is 20.9. The summed E-state index contributed by atoms with van der Waals surface area (Å²) < 4.78 is 12.6. The van der Waals surface area contributed by atoms with Crippen molar-refractivity contribution in [1.29, 1.82) is 0 Å². The minimum Gasteiger partial charge on any atom is -0.494 e. The Balaban J connectivity index is 1.38. The van der Waals surface area contributed by atoms with Gasteiger partial charge in [-0.3, -0.25) is 10.1 Å². The van der Waals surface area contributed by atoms with E-state index in [-0.39, 0.29) is 17.0 Å². The summed E-state index contributed by atoms with van der Waals surface area (Å²) in [6, 6.07) is 30.5. The Morgan fingerprint density at radius 2 is 1.77 bits per heavy atom. The molecule has 2 heterocycles. The molecule has 6 aromatic rings. The lowest BCUT2D eigenvalue weighted by Crippen LogP contribution is -2.21. The van der Waals surface area contributed by atoms with Crippen LogP contribution in [0.1, 0.15) is 17.3 Å². The molecule has 1 amide bonds. The molecular formula is C31H22ClN3O3S. The largest absolute Gasteiger partial charge is 0.494 e. The number of carbonyl (C=O) groups is 1. The molecule has 4 aromatic carbocycles. The van der Waals surface area contributed by atoms with Crippen molar-refractivity contribution in [3.05, 3.63) is 113 Å². The average Bonchev–Trinajstić information content (AvgIpc) is 3.35. The number of halogens is 1. The SMILES string of the molecule is CCOc1ccc2nc(NC(=O)c3cc4cc(Cl)ccc4oc3=Nc3ccc(-c4ccccc4)cc3)sc2c1. The molecule has 6 nitrogen and oxygen atoms in total. The van der Waals surface area contributed by atoms with Crippen LogP contribution < -0.4 is 15.6 Å². The minimum absolute atomic E-state index is 0.189. The number of amides is 1. The summed E-state index contributed by atoms with van der Waals surface area (Å²) in [6.07, 6.45) is 0. The van der Waals surface area contributed by atoms with E-state index >= 15 is 0 Å². The quantitative estimate of drug-likeness (QED) is 0.226. The summed E-state index contributed by atoms with van der Waals surface area (Å²) in [6.45, 7) is 2.51. The van der Waals surface area contributed by atoms with Crippen LogP contribution in [0.5, 0.6) is 5.75 Å². The molecule has 0 unspecified atom stereocenters. The molecule has 39 heavy (non-hydrogen) atoms.